The van der Waals surface area contributed by atoms with E-state index in [1.165, 1.54) is 36.5 Å². The van der Waals surface area contributed by atoms with Crippen molar-refractivity contribution in [3.63, 3.8) is 0 Å². The van der Waals surface area contributed by atoms with Crippen LogP contribution in [-0.2, 0) is 10.2 Å². The lowest BCUT2D eigenvalue weighted by molar-refractivity contribution is -0.385. The number of nitro benzene ring substituents is 1. The highest BCUT2D eigenvalue weighted by Crippen LogP contribution is 2.66. The summed E-state index contributed by atoms with van der Waals surface area (Å²) in [5.41, 5.74) is 3.54. The van der Waals surface area contributed by atoms with Crippen LogP contribution in [-0.4, -0.2) is 10.8 Å². The molecule has 4 saturated carbocycles. The van der Waals surface area contributed by atoms with Gasteiger partial charge in [0.1, 0.15) is 0 Å². The molecule has 2 aromatic carbocycles. The third kappa shape index (κ3) is 3.03. The highest BCUT2D eigenvalue weighted by atomic mass is 16.6. The fraction of sp³-hybridized carbons (Fsp3) is 0.480. The third-order valence-corrected chi connectivity index (χ3v) is 7.87. The van der Waals surface area contributed by atoms with Gasteiger partial charge < -0.3 is 5.32 Å². The fourth-order valence-electron chi connectivity index (χ4n) is 6.92. The Morgan fingerprint density at radius 2 is 1.70 bits per heavy atom. The van der Waals surface area contributed by atoms with Gasteiger partial charge in [-0.25, -0.2) is 0 Å². The number of benzene rings is 2. The van der Waals surface area contributed by atoms with E-state index >= 15 is 0 Å². The number of nitrogens with one attached hydrogen (secondary N) is 1. The number of aryl methyl sites for hydroxylation is 2. The number of carbonyl (C=O) groups excluding carboxylic acids is 1. The van der Waals surface area contributed by atoms with Crippen LogP contribution in [0.15, 0.2) is 42.5 Å². The summed E-state index contributed by atoms with van der Waals surface area (Å²) in [6, 6.07) is 13.9. The monoisotopic (exact) mass is 404 g/mol. The van der Waals surface area contributed by atoms with E-state index in [9.17, 15) is 14.9 Å². The maximum absolute atomic E-state index is 13.6. The van der Waals surface area contributed by atoms with Crippen LogP contribution in [0.4, 0.5) is 11.4 Å². The van der Waals surface area contributed by atoms with E-state index < -0.39 is 0 Å². The first-order valence-electron chi connectivity index (χ1n) is 10.9. The minimum absolute atomic E-state index is 0.0474. The molecule has 4 fully saturated rings. The first-order chi connectivity index (χ1) is 14.3. The quantitative estimate of drug-likeness (QED) is 0.526. The SMILES string of the molecule is Cc1ccc(C23C[C@@H]4C[C@@H](CC(C(=O)Nc5ccc(C)c([N+](=O)[O-])c5)(C4)C2)C3)cc1. The van der Waals surface area contributed by atoms with Crippen LogP contribution in [0, 0.1) is 41.2 Å². The smallest absolute Gasteiger partial charge is 0.274 e. The highest BCUT2D eigenvalue weighted by Gasteiger charge is 2.60. The summed E-state index contributed by atoms with van der Waals surface area (Å²) in [5, 5.41) is 14.4. The molecule has 0 radical (unpaired) electrons. The summed E-state index contributed by atoms with van der Waals surface area (Å²) in [5.74, 6) is 1.22. The molecule has 0 aliphatic heterocycles. The Balaban J connectivity index is 1.45. The molecule has 4 atom stereocenters. The van der Waals surface area contributed by atoms with Crippen LogP contribution >= 0.6 is 0 Å². The number of nitrogens with zero attached hydrogens (tertiary/aromatic N) is 1. The van der Waals surface area contributed by atoms with E-state index in [0.717, 1.165) is 19.3 Å². The van der Waals surface area contributed by atoms with Gasteiger partial charge in [0.05, 0.1) is 10.3 Å². The van der Waals surface area contributed by atoms with E-state index in [1.807, 2.05) is 0 Å². The lowest BCUT2D eigenvalue weighted by Crippen LogP contribution is -2.57. The van der Waals surface area contributed by atoms with Crippen molar-refractivity contribution in [2.24, 2.45) is 17.3 Å². The first-order valence-corrected chi connectivity index (χ1v) is 10.9. The van der Waals surface area contributed by atoms with E-state index in [-0.39, 0.29) is 27.3 Å². The van der Waals surface area contributed by atoms with Crippen LogP contribution < -0.4 is 5.32 Å². The summed E-state index contributed by atoms with van der Waals surface area (Å²) in [7, 11) is 0. The summed E-state index contributed by atoms with van der Waals surface area (Å²) < 4.78 is 0. The van der Waals surface area contributed by atoms with Crippen molar-refractivity contribution in [2.75, 3.05) is 5.32 Å². The molecule has 0 heterocycles. The molecule has 0 saturated heterocycles. The Labute approximate surface area is 177 Å². The van der Waals surface area contributed by atoms with Crippen molar-refractivity contribution in [1.29, 1.82) is 0 Å². The largest absolute Gasteiger partial charge is 0.325 e. The van der Waals surface area contributed by atoms with E-state index in [2.05, 4.69) is 36.5 Å². The first kappa shape index (κ1) is 19.3. The predicted octanol–water partition coefficient (Wildman–Crippen LogP) is 5.69. The molecule has 5 nitrogen and oxygen atoms in total. The molecule has 4 aliphatic carbocycles. The van der Waals surface area contributed by atoms with Crippen molar-refractivity contribution in [3.8, 4) is 0 Å². The van der Waals surface area contributed by atoms with E-state index in [4.69, 9.17) is 0 Å². The molecule has 30 heavy (non-hydrogen) atoms. The molecule has 5 heteroatoms. The molecule has 156 valence electrons. The number of anilines is 1. The van der Waals surface area contributed by atoms with Crippen LogP contribution in [0.3, 0.4) is 0 Å². The molecule has 1 N–H and O–H groups in total. The molecule has 2 aromatic rings. The van der Waals surface area contributed by atoms with Crippen molar-refractivity contribution in [3.05, 3.63) is 69.3 Å². The molecule has 0 spiro atoms. The molecule has 1 amide bonds. The Morgan fingerprint density at radius 1 is 1.03 bits per heavy atom. The lowest BCUT2D eigenvalue weighted by atomic mass is 9.42. The zero-order chi connectivity index (χ0) is 21.1. The van der Waals surface area contributed by atoms with Gasteiger partial charge in [0.25, 0.3) is 5.69 Å². The van der Waals surface area contributed by atoms with Crippen molar-refractivity contribution < 1.29 is 9.72 Å². The molecule has 4 aliphatic rings. The Kier molecular flexibility index (Phi) is 4.28. The second-order valence-electron chi connectivity index (χ2n) is 10.1. The number of rotatable bonds is 4. The Bertz CT molecular complexity index is 1010. The lowest BCUT2D eigenvalue weighted by Gasteiger charge is -2.61. The zero-order valence-corrected chi connectivity index (χ0v) is 17.6. The number of nitro groups is 1. The number of hydrogen-bond donors (Lipinski definition) is 1. The van der Waals surface area contributed by atoms with Gasteiger partial charge in [0.15, 0.2) is 0 Å². The third-order valence-electron chi connectivity index (χ3n) is 7.87. The topological polar surface area (TPSA) is 72.2 Å². The van der Waals surface area contributed by atoms with Gasteiger partial charge in [0, 0.05) is 17.3 Å². The van der Waals surface area contributed by atoms with Crippen molar-refractivity contribution in [1.82, 2.24) is 0 Å². The molecular weight excluding hydrogens is 376 g/mol. The van der Waals surface area contributed by atoms with Crippen LogP contribution in [0.5, 0.6) is 0 Å². The number of amides is 1. The van der Waals surface area contributed by atoms with Crippen molar-refractivity contribution in [2.45, 2.75) is 57.8 Å². The van der Waals surface area contributed by atoms with Gasteiger partial charge in [-0.3, -0.25) is 14.9 Å². The van der Waals surface area contributed by atoms with E-state index in [1.54, 1.807) is 19.1 Å². The minimum Gasteiger partial charge on any atom is -0.325 e. The summed E-state index contributed by atoms with van der Waals surface area (Å²) >= 11 is 0. The second-order valence-corrected chi connectivity index (χ2v) is 10.1. The maximum Gasteiger partial charge on any atom is 0.274 e. The normalized spacial score (nSPS) is 31.5. The number of carbonyl (C=O) groups is 1. The predicted molar refractivity (Wildman–Crippen MR) is 116 cm³/mol. The molecule has 0 aromatic heterocycles. The second kappa shape index (κ2) is 6.66. The Hall–Kier alpha value is -2.69. The van der Waals surface area contributed by atoms with Gasteiger partial charge in [-0.2, -0.15) is 0 Å². The van der Waals surface area contributed by atoms with Crippen molar-refractivity contribution >= 4 is 17.3 Å². The molecule has 6 rings (SSSR count). The van der Waals surface area contributed by atoms with Crippen LogP contribution in [0.25, 0.3) is 0 Å². The van der Waals surface area contributed by atoms with Gasteiger partial charge in [0.2, 0.25) is 5.91 Å². The zero-order valence-electron chi connectivity index (χ0n) is 17.6. The minimum atomic E-state index is -0.387. The average Bonchev–Trinajstić information content (AvgIpc) is 2.68. The Morgan fingerprint density at radius 3 is 2.33 bits per heavy atom. The molecule has 2 unspecified atom stereocenters. The van der Waals surface area contributed by atoms with Gasteiger partial charge in [-0.05, 0) is 81.3 Å². The summed E-state index contributed by atoms with van der Waals surface area (Å²) in [6.07, 6.45) is 6.36. The average molecular weight is 405 g/mol. The molecular formula is C25H28N2O3. The van der Waals surface area contributed by atoms with Crippen LogP contribution in [0.1, 0.15) is 55.2 Å². The molecule has 4 bridgehead atoms. The summed E-state index contributed by atoms with van der Waals surface area (Å²) in [4.78, 5) is 24.5. The van der Waals surface area contributed by atoms with Gasteiger partial charge in [-0.15, -0.1) is 0 Å². The number of hydrogen-bond acceptors (Lipinski definition) is 3. The maximum atomic E-state index is 13.6. The summed E-state index contributed by atoms with van der Waals surface area (Å²) in [6.45, 7) is 3.83. The van der Waals surface area contributed by atoms with Gasteiger partial charge in [-0.1, -0.05) is 35.9 Å². The van der Waals surface area contributed by atoms with Crippen LogP contribution in [0.2, 0.25) is 0 Å². The standard InChI is InChI=1S/C25H28N2O3/c1-16-3-6-20(7-4-16)24-11-18-9-19(12-24)14-25(13-18,15-24)23(28)26-21-8-5-17(2)22(10-21)27(29)30/h3-8,10,18-19H,9,11-15H2,1-2H3,(H,26,28)/t18-,19+,24?,25?. The highest BCUT2D eigenvalue weighted by molar-refractivity contribution is 5.96. The van der Waals surface area contributed by atoms with Gasteiger partial charge >= 0.3 is 0 Å². The fourth-order valence-corrected chi connectivity index (χ4v) is 6.92. The van der Waals surface area contributed by atoms with E-state index in [0.29, 0.717) is 23.1 Å².